The summed E-state index contributed by atoms with van der Waals surface area (Å²) in [4.78, 5) is -1.41. The van der Waals surface area contributed by atoms with E-state index in [9.17, 15) is 30.6 Å². The summed E-state index contributed by atoms with van der Waals surface area (Å²) < 4.78 is 89.1. The maximum atomic E-state index is 12.7. The first-order valence-corrected chi connectivity index (χ1v) is 21.4. The van der Waals surface area contributed by atoms with E-state index in [-0.39, 0.29) is 61.3 Å². The Hall–Kier alpha value is -1.13. The summed E-state index contributed by atoms with van der Waals surface area (Å²) in [6.07, 6.45) is 0. The van der Waals surface area contributed by atoms with E-state index < -0.39 is 60.6 Å². The monoisotopic (exact) mass is 1130 g/mol. The van der Waals surface area contributed by atoms with E-state index in [2.05, 4.69) is 47.4 Å². The first-order valence-electron chi connectivity index (χ1n) is 11.6. The number of nitrogen functional groups attached to an aromatic ring is 2. The van der Waals surface area contributed by atoms with Crippen LogP contribution in [0.5, 0.6) is 0 Å². The average Bonchev–Trinajstić information content (AvgIpc) is 3.43. The zero-order valence-corrected chi connectivity index (χ0v) is 34.6. The van der Waals surface area contributed by atoms with Crippen molar-refractivity contribution in [3.8, 4) is 23.5 Å². The number of anilines is 2. The number of nitriles is 2. The predicted molar refractivity (Wildman–Crippen MR) is 203 cm³/mol. The standard InChI is InChI=1S/C12H7Cl2F3N4OS.C12H7Cl2F3N4S.I2.HI/c1-5-2-6(13)9(7(14)3-5)21-11(19)10(8(4-18)20-21)23(22)12(15,16)17;1-5-2-6(13)9(7(14)3-5)21-11(19)10(8(4-18)20-21)22-12(15,16)17;1-2;/h2-3H,19H2,1H3;2-3H,19H2,1H3;;1H. The van der Waals surface area contributed by atoms with Crippen LogP contribution in [0.2, 0.25) is 20.1 Å². The molecule has 4 aromatic rings. The van der Waals surface area contributed by atoms with Crippen LogP contribution in [0.4, 0.5) is 38.0 Å². The molecule has 0 saturated heterocycles. The van der Waals surface area contributed by atoms with Gasteiger partial charge in [0.1, 0.15) is 40.0 Å². The van der Waals surface area contributed by atoms with Gasteiger partial charge in [0.2, 0.25) is 0 Å². The van der Waals surface area contributed by atoms with Gasteiger partial charge >= 0.3 is 11.0 Å². The van der Waals surface area contributed by atoms with Crippen LogP contribution in [0.15, 0.2) is 34.1 Å². The number of hydrogen-bond donors (Lipinski definition) is 2. The summed E-state index contributed by atoms with van der Waals surface area (Å²) in [5.74, 6) is -0.976. The van der Waals surface area contributed by atoms with E-state index >= 15 is 0 Å². The number of aromatic nitrogens is 4. The molecule has 0 spiro atoms. The van der Waals surface area contributed by atoms with Crippen LogP contribution in [0, 0.1) is 36.5 Å². The Labute approximate surface area is 335 Å². The molecular weight excluding hydrogens is 1120 g/mol. The van der Waals surface area contributed by atoms with E-state index in [4.69, 9.17) is 68.4 Å². The molecule has 260 valence electrons. The van der Waals surface area contributed by atoms with Crippen molar-refractivity contribution in [1.29, 1.82) is 10.5 Å². The van der Waals surface area contributed by atoms with E-state index in [1.54, 1.807) is 32.0 Å². The molecule has 0 bridgehead atoms. The second kappa shape index (κ2) is 18.4. The molecular formula is C24H15Cl4F6I3N8OS2. The third-order valence-corrected chi connectivity index (χ3v) is 8.51. The van der Waals surface area contributed by atoms with Crippen LogP contribution in [-0.2, 0) is 10.8 Å². The van der Waals surface area contributed by atoms with Gasteiger partial charge in [0.05, 0.1) is 25.0 Å². The van der Waals surface area contributed by atoms with E-state index in [1.165, 1.54) is 18.2 Å². The van der Waals surface area contributed by atoms with E-state index in [0.717, 1.165) is 14.9 Å². The van der Waals surface area contributed by atoms with Crippen molar-refractivity contribution in [2.24, 2.45) is 0 Å². The second-order valence-corrected chi connectivity index (χ2v) is 12.7. The highest BCUT2D eigenvalue weighted by Crippen LogP contribution is 2.43. The Bertz CT molecular complexity index is 1880. The Balaban J connectivity index is 0.000000448. The Kier molecular flexibility index (Phi) is 17.2. The predicted octanol–water partition coefficient (Wildman–Crippen LogP) is 10.5. The van der Waals surface area contributed by atoms with Gasteiger partial charge < -0.3 is 11.5 Å². The molecule has 2 aromatic heterocycles. The SMILES string of the molecule is Cc1cc(Cl)c(-n2nc(C#N)c(S(=O)C(F)(F)F)c2N)c(Cl)c1.Cc1cc(Cl)c(-n2nc(C#N)c(SC(F)(F)F)c2N)c(Cl)c1.I.II. The first-order chi connectivity index (χ1) is 21.7. The zero-order valence-electron chi connectivity index (χ0n) is 23.3. The lowest BCUT2D eigenvalue weighted by atomic mass is 10.2. The molecule has 0 amide bonds. The first kappa shape index (κ1) is 44.9. The van der Waals surface area contributed by atoms with Gasteiger partial charge in [-0.1, -0.05) is 46.4 Å². The molecule has 0 fully saturated rings. The van der Waals surface area contributed by atoms with Crippen molar-refractivity contribution in [3.63, 3.8) is 0 Å². The van der Waals surface area contributed by atoms with Crippen molar-refractivity contribution >= 4 is 142 Å². The molecule has 24 heteroatoms. The average molecular weight is 1130 g/mol. The van der Waals surface area contributed by atoms with Crippen molar-refractivity contribution in [2.75, 3.05) is 11.5 Å². The lowest BCUT2D eigenvalue weighted by molar-refractivity contribution is -0.0385. The van der Waals surface area contributed by atoms with Gasteiger partial charge in [-0.25, -0.2) is 13.6 Å². The van der Waals surface area contributed by atoms with Gasteiger partial charge in [-0.2, -0.15) is 47.1 Å². The van der Waals surface area contributed by atoms with Crippen molar-refractivity contribution in [2.45, 2.75) is 34.7 Å². The summed E-state index contributed by atoms with van der Waals surface area (Å²) in [6, 6.07) is 9.14. The van der Waals surface area contributed by atoms with Crippen LogP contribution in [-0.4, -0.2) is 34.8 Å². The van der Waals surface area contributed by atoms with Crippen LogP contribution in [0.3, 0.4) is 0 Å². The maximum Gasteiger partial charge on any atom is 0.476 e. The molecule has 2 aromatic carbocycles. The number of nitrogens with two attached hydrogens (primary N) is 2. The largest absolute Gasteiger partial charge is 0.476 e. The molecule has 0 aliphatic carbocycles. The fraction of sp³-hybridized carbons (Fsp3) is 0.167. The second-order valence-electron chi connectivity index (χ2n) is 8.59. The van der Waals surface area contributed by atoms with Gasteiger partial charge in [0.25, 0.3) is 0 Å². The van der Waals surface area contributed by atoms with Gasteiger partial charge in [-0.3, -0.25) is 0 Å². The number of hydrogen-bond acceptors (Lipinski definition) is 8. The Morgan fingerprint density at radius 1 is 0.792 bits per heavy atom. The van der Waals surface area contributed by atoms with E-state index in [1.807, 2.05) is 0 Å². The molecule has 0 aliphatic heterocycles. The zero-order chi connectivity index (χ0) is 36.2. The maximum absolute atomic E-state index is 12.7. The number of rotatable bonds is 4. The van der Waals surface area contributed by atoms with Gasteiger partial charge in [-0.05, 0) is 61.0 Å². The van der Waals surface area contributed by atoms with Crippen LogP contribution in [0.25, 0.3) is 11.4 Å². The highest BCUT2D eigenvalue weighted by atomic mass is 128. The third kappa shape index (κ3) is 10.7. The Morgan fingerprint density at radius 2 is 1.15 bits per heavy atom. The Morgan fingerprint density at radius 3 is 1.48 bits per heavy atom. The normalized spacial score (nSPS) is 11.6. The number of thioether (sulfide) groups is 1. The molecule has 1 atom stereocenters. The van der Waals surface area contributed by atoms with Crippen LogP contribution < -0.4 is 11.5 Å². The van der Waals surface area contributed by atoms with Crippen molar-refractivity contribution < 1.29 is 30.6 Å². The molecule has 1 unspecified atom stereocenters. The number of benzene rings is 2. The minimum atomic E-state index is -5.09. The molecule has 4 N–H and O–H groups in total. The third-order valence-electron chi connectivity index (χ3n) is 5.32. The smallest absolute Gasteiger partial charge is 0.383 e. The van der Waals surface area contributed by atoms with Crippen molar-refractivity contribution in [1.82, 2.24) is 19.6 Å². The van der Waals surface area contributed by atoms with Gasteiger partial charge in [0.15, 0.2) is 22.2 Å². The lowest BCUT2D eigenvalue weighted by Crippen LogP contribution is -2.18. The molecule has 0 aliphatic rings. The number of aryl methyl sites for hydroxylation is 2. The molecule has 0 saturated carbocycles. The molecule has 48 heavy (non-hydrogen) atoms. The quantitative estimate of drug-likeness (QED) is 0.116. The fourth-order valence-electron chi connectivity index (χ4n) is 3.62. The summed E-state index contributed by atoms with van der Waals surface area (Å²) in [7, 11) is -3.51. The van der Waals surface area contributed by atoms with Crippen molar-refractivity contribution in [3.05, 3.63) is 66.9 Å². The molecule has 9 nitrogen and oxygen atoms in total. The van der Waals surface area contributed by atoms with Gasteiger partial charge in [0, 0.05) is 37.2 Å². The fourth-order valence-corrected chi connectivity index (χ4v) is 6.51. The molecule has 4 rings (SSSR count). The summed E-state index contributed by atoms with van der Waals surface area (Å²) >= 11 is 27.9. The van der Waals surface area contributed by atoms with Crippen LogP contribution in [0.1, 0.15) is 22.5 Å². The minimum absolute atomic E-state index is 0. The number of alkyl halides is 6. The van der Waals surface area contributed by atoms with Crippen LogP contribution >= 0.6 is 119 Å². The lowest BCUT2D eigenvalue weighted by Gasteiger charge is -2.10. The number of halogens is 13. The van der Waals surface area contributed by atoms with Gasteiger partial charge in [-0.15, -0.1) is 24.0 Å². The number of nitrogens with zero attached hydrogens (tertiary/aromatic N) is 6. The highest BCUT2D eigenvalue weighted by molar-refractivity contribution is 15.0. The summed E-state index contributed by atoms with van der Waals surface area (Å²) in [6.45, 7) is 3.46. The minimum Gasteiger partial charge on any atom is -0.383 e. The molecule has 2 heterocycles. The molecule has 0 radical (unpaired) electrons. The van der Waals surface area contributed by atoms with E-state index in [0.29, 0.717) is 5.56 Å². The summed E-state index contributed by atoms with van der Waals surface area (Å²) in [5.41, 5.74) is 2.05. The highest BCUT2D eigenvalue weighted by Gasteiger charge is 2.42. The topological polar surface area (TPSA) is 152 Å². The summed E-state index contributed by atoms with van der Waals surface area (Å²) in [5, 5.41) is 25.8.